The van der Waals surface area contributed by atoms with Crippen molar-refractivity contribution in [3.05, 3.63) is 59.7 Å². The first kappa shape index (κ1) is 12.7. The summed E-state index contributed by atoms with van der Waals surface area (Å²) < 4.78 is 11.4. The Morgan fingerprint density at radius 1 is 1.20 bits per heavy atom. The largest absolute Gasteiger partial charge is 0.489 e. The fraction of sp³-hybridized carbons (Fsp3) is 0.235. The van der Waals surface area contributed by atoms with Crippen molar-refractivity contribution in [1.29, 1.82) is 0 Å². The lowest BCUT2D eigenvalue weighted by Crippen LogP contribution is -2.23. The van der Waals surface area contributed by atoms with E-state index in [2.05, 4.69) is 0 Å². The summed E-state index contributed by atoms with van der Waals surface area (Å²) in [5, 5.41) is 0. The first-order valence-electron chi connectivity index (χ1n) is 6.77. The van der Waals surface area contributed by atoms with E-state index in [0.717, 1.165) is 41.8 Å². The second-order valence-electron chi connectivity index (χ2n) is 4.87. The van der Waals surface area contributed by atoms with E-state index >= 15 is 0 Å². The van der Waals surface area contributed by atoms with E-state index in [4.69, 9.17) is 9.47 Å². The van der Waals surface area contributed by atoms with Crippen LogP contribution in [0.3, 0.4) is 0 Å². The van der Waals surface area contributed by atoms with Gasteiger partial charge in [0.1, 0.15) is 18.1 Å². The molecule has 0 aliphatic carbocycles. The van der Waals surface area contributed by atoms with Crippen LogP contribution < -0.4 is 9.47 Å². The van der Waals surface area contributed by atoms with E-state index < -0.39 is 0 Å². The topological polar surface area (TPSA) is 35.5 Å². The zero-order valence-electron chi connectivity index (χ0n) is 11.1. The van der Waals surface area contributed by atoms with Crippen LogP contribution in [0.4, 0.5) is 0 Å². The first-order chi connectivity index (χ1) is 9.85. The molecule has 1 aliphatic heterocycles. The highest BCUT2D eigenvalue weighted by Crippen LogP contribution is 2.30. The summed E-state index contributed by atoms with van der Waals surface area (Å²) in [5.41, 5.74) is 2.25. The van der Waals surface area contributed by atoms with Gasteiger partial charge in [0.05, 0.1) is 0 Å². The number of ether oxygens (including phenoxy) is 2. The molecular formula is C17H16O3. The SMILES string of the molecule is O=CC1CCc2cc(OCc3ccccc3)ccc2O1. The smallest absolute Gasteiger partial charge is 0.160 e. The van der Waals surface area contributed by atoms with Crippen LogP contribution in [0.15, 0.2) is 48.5 Å². The van der Waals surface area contributed by atoms with Crippen molar-refractivity contribution < 1.29 is 14.3 Å². The molecule has 0 aromatic heterocycles. The minimum atomic E-state index is -0.307. The van der Waals surface area contributed by atoms with Crippen LogP contribution in [0.2, 0.25) is 0 Å². The molecule has 0 saturated heterocycles. The molecule has 20 heavy (non-hydrogen) atoms. The number of fused-ring (bicyclic) bond motifs is 1. The van der Waals surface area contributed by atoms with Crippen molar-refractivity contribution in [2.24, 2.45) is 0 Å². The number of benzene rings is 2. The Hall–Kier alpha value is -2.29. The van der Waals surface area contributed by atoms with Crippen molar-refractivity contribution in [2.75, 3.05) is 0 Å². The third-order valence-electron chi connectivity index (χ3n) is 3.41. The van der Waals surface area contributed by atoms with Gasteiger partial charge in [0.25, 0.3) is 0 Å². The maximum atomic E-state index is 10.7. The molecule has 2 aromatic rings. The Morgan fingerprint density at radius 3 is 2.85 bits per heavy atom. The molecule has 0 amide bonds. The van der Waals surface area contributed by atoms with E-state index in [-0.39, 0.29) is 6.10 Å². The molecule has 3 nitrogen and oxygen atoms in total. The molecule has 0 spiro atoms. The summed E-state index contributed by atoms with van der Waals surface area (Å²) in [6.45, 7) is 0.553. The number of aryl methyl sites for hydroxylation is 1. The van der Waals surface area contributed by atoms with Gasteiger partial charge in [-0.05, 0) is 42.2 Å². The molecule has 1 aliphatic rings. The van der Waals surface area contributed by atoms with Crippen molar-refractivity contribution in [3.63, 3.8) is 0 Å². The lowest BCUT2D eigenvalue weighted by molar-refractivity contribution is -0.114. The van der Waals surface area contributed by atoms with E-state index in [9.17, 15) is 4.79 Å². The molecule has 0 bridgehead atoms. The number of carbonyl (C=O) groups excluding carboxylic acids is 1. The number of hydrogen-bond acceptors (Lipinski definition) is 3. The van der Waals surface area contributed by atoms with Gasteiger partial charge in [-0.3, -0.25) is 4.79 Å². The summed E-state index contributed by atoms with van der Waals surface area (Å²) >= 11 is 0. The fourth-order valence-electron chi connectivity index (χ4n) is 2.31. The minimum Gasteiger partial charge on any atom is -0.489 e. The molecule has 102 valence electrons. The fourth-order valence-corrected chi connectivity index (χ4v) is 2.31. The quantitative estimate of drug-likeness (QED) is 0.799. The molecule has 0 radical (unpaired) electrons. The van der Waals surface area contributed by atoms with Crippen LogP contribution in [-0.2, 0) is 17.8 Å². The lowest BCUT2D eigenvalue weighted by Gasteiger charge is -2.22. The normalized spacial score (nSPS) is 16.9. The number of aldehydes is 1. The highest BCUT2D eigenvalue weighted by molar-refractivity contribution is 5.58. The predicted octanol–water partition coefficient (Wildman–Crippen LogP) is 3.16. The zero-order valence-corrected chi connectivity index (χ0v) is 11.1. The van der Waals surface area contributed by atoms with E-state index in [1.54, 1.807) is 0 Å². The lowest BCUT2D eigenvalue weighted by atomic mass is 10.0. The van der Waals surface area contributed by atoms with Crippen LogP contribution >= 0.6 is 0 Å². The maximum absolute atomic E-state index is 10.7. The number of hydrogen-bond donors (Lipinski definition) is 0. The summed E-state index contributed by atoms with van der Waals surface area (Å²) in [5.74, 6) is 1.63. The average molecular weight is 268 g/mol. The van der Waals surface area contributed by atoms with Gasteiger partial charge >= 0.3 is 0 Å². The van der Waals surface area contributed by atoms with Crippen molar-refractivity contribution >= 4 is 6.29 Å². The third-order valence-corrected chi connectivity index (χ3v) is 3.41. The Kier molecular flexibility index (Phi) is 3.68. The van der Waals surface area contributed by atoms with Gasteiger partial charge in [-0.1, -0.05) is 30.3 Å². The second-order valence-corrected chi connectivity index (χ2v) is 4.87. The number of rotatable bonds is 4. The standard InChI is InChI=1S/C17H16O3/c18-11-16-7-6-14-10-15(8-9-17(14)20-16)19-12-13-4-2-1-3-5-13/h1-5,8-11,16H,6-7,12H2. The molecule has 0 N–H and O–H groups in total. The predicted molar refractivity (Wildman–Crippen MR) is 76.0 cm³/mol. The molecule has 2 aromatic carbocycles. The first-order valence-corrected chi connectivity index (χ1v) is 6.77. The minimum absolute atomic E-state index is 0.307. The Morgan fingerprint density at radius 2 is 2.05 bits per heavy atom. The van der Waals surface area contributed by atoms with E-state index in [0.29, 0.717) is 6.61 Å². The van der Waals surface area contributed by atoms with E-state index in [1.807, 2.05) is 48.5 Å². The van der Waals surface area contributed by atoms with Crippen LogP contribution in [-0.4, -0.2) is 12.4 Å². The zero-order chi connectivity index (χ0) is 13.8. The third kappa shape index (κ3) is 2.82. The Labute approximate surface area is 118 Å². The highest BCUT2D eigenvalue weighted by Gasteiger charge is 2.19. The molecule has 1 heterocycles. The molecule has 1 atom stereocenters. The molecule has 1 unspecified atom stereocenters. The molecular weight excluding hydrogens is 252 g/mol. The van der Waals surface area contributed by atoms with Crippen LogP contribution in [0.25, 0.3) is 0 Å². The van der Waals surface area contributed by atoms with Gasteiger partial charge in [0.15, 0.2) is 12.4 Å². The van der Waals surface area contributed by atoms with Crippen molar-refractivity contribution in [1.82, 2.24) is 0 Å². The average Bonchev–Trinajstić information content (AvgIpc) is 2.53. The Bertz CT molecular complexity index is 592. The summed E-state index contributed by atoms with van der Waals surface area (Å²) in [6, 6.07) is 15.8. The van der Waals surface area contributed by atoms with Gasteiger partial charge in [-0.25, -0.2) is 0 Å². The Balaban J connectivity index is 1.68. The highest BCUT2D eigenvalue weighted by atomic mass is 16.5. The van der Waals surface area contributed by atoms with Gasteiger partial charge in [-0.2, -0.15) is 0 Å². The summed E-state index contributed by atoms with van der Waals surface area (Å²) in [6.07, 6.45) is 2.14. The molecule has 0 fully saturated rings. The molecule has 0 saturated carbocycles. The molecule has 3 rings (SSSR count). The monoisotopic (exact) mass is 268 g/mol. The molecule has 3 heteroatoms. The van der Waals surface area contributed by atoms with Crippen molar-refractivity contribution in [2.45, 2.75) is 25.6 Å². The van der Waals surface area contributed by atoms with Crippen LogP contribution in [0.1, 0.15) is 17.5 Å². The van der Waals surface area contributed by atoms with Crippen LogP contribution in [0.5, 0.6) is 11.5 Å². The van der Waals surface area contributed by atoms with Crippen LogP contribution in [0, 0.1) is 0 Å². The van der Waals surface area contributed by atoms with Gasteiger partial charge in [-0.15, -0.1) is 0 Å². The van der Waals surface area contributed by atoms with Gasteiger partial charge < -0.3 is 9.47 Å². The number of carbonyl (C=O) groups is 1. The summed E-state index contributed by atoms with van der Waals surface area (Å²) in [4.78, 5) is 10.7. The van der Waals surface area contributed by atoms with Gasteiger partial charge in [0, 0.05) is 0 Å². The van der Waals surface area contributed by atoms with Gasteiger partial charge in [0.2, 0.25) is 0 Å². The van der Waals surface area contributed by atoms with E-state index in [1.165, 1.54) is 0 Å². The van der Waals surface area contributed by atoms with Crippen molar-refractivity contribution in [3.8, 4) is 11.5 Å². The maximum Gasteiger partial charge on any atom is 0.160 e. The summed E-state index contributed by atoms with van der Waals surface area (Å²) in [7, 11) is 0. The second kappa shape index (κ2) is 5.78.